The molecule has 0 spiro atoms. The van der Waals surface area contributed by atoms with Crippen LogP contribution in [0.1, 0.15) is 18.1 Å². The predicted octanol–water partition coefficient (Wildman–Crippen LogP) is 1.97. The standard InChI is InChI=1S/C19H26N2O6S2/c1-13-10-16(6-8-18(13)26-4)28(22,23)20-12-15(3)21-29(24,25)17-7-9-19(27-5)14(2)11-17/h6-11,15,20-21H,12H2,1-5H3. The topological polar surface area (TPSA) is 111 Å². The minimum Gasteiger partial charge on any atom is -0.496 e. The zero-order chi connectivity index (χ0) is 21.8. The van der Waals surface area contributed by atoms with E-state index in [1.807, 2.05) is 0 Å². The van der Waals surface area contributed by atoms with Gasteiger partial charge in [-0.2, -0.15) is 0 Å². The maximum atomic E-state index is 12.6. The molecule has 0 aliphatic carbocycles. The maximum Gasteiger partial charge on any atom is 0.240 e. The fourth-order valence-corrected chi connectivity index (χ4v) is 5.27. The quantitative estimate of drug-likeness (QED) is 0.614. The average molecular weight is 443 g/mol. The van der Waals surface area contributed by atoms with E-state index in [9.17, 15) is 16.8 Å². The van der Waals surface area contributed by atoms with E-state index in [1.54, 1.807) is 32.9 Å². The SMILES string of the molecule is COc1ccc(S(=O)(=O)NCC(C)NS(=O)(=O)c2ccc(OC)c(C)c2)cc1C. The Labute approximate surface area is 172 Å². The highest BCUT2D eigenvalue weighted by molar-refractivity contribution is 7.90. The molecule has 29 heavy (non-hydrogen) atoms. The molecule has 1 unspecified atom stereocenters. The molecule has 0 amide bonds. The predicted molar refractivity (Wildman–Crippen MR) is 110 cm³/mol. The number of aryl methyl sites for hydroxylation is 2. The first-order valence-electron chi connectivity index (χ1n) is 8.81. The minimum absolute atomic E-state index is 0.0799. The van der Waals surface area contributed by atoms with Gasteiger partial charge in [0, 0.05) is 12.6 Å². The Bertz CT molecular complexity index is 1080. The molecule has 1 atom stereocenters. The molecule has 0 aliphatic heterocycles. The molecule has 0 heterocycles. The Morgan fingerprint density at radius 3 is 1.69 bits per heavy atom. The van der Waals surface area contributed by atoms with Crippen molar-refractivity contribution in [3.63, 3.8) is 0 Å². The fraction of sp³-hybridized carbons (Fsp3) is 0.368. The van der Waals surface area contributed by atoms with Crippen molar-refractivity contribution in [3.8, 4) is 11.5 Å². The molecule has 0 saturated carbocycles. The van der Waals surface area contributed by atoms with Crippen molar-refractivity contribution >= 4 is 20.0 Å². The van der Waals surface area contributed by atoms with E-state index in [1.165, 1.54) is 38.5 Å². The number of methoxy groups -OCH3 is 2. The summed E-state index contributed by atoms with van der Waals surface area (Å²) >= 11 is 0. The molecule has 2 aromatic carbocycles. The third-order valence-corrected chi connectivity index (χ3v) is 7.30. The Morgan fingerprint density at radius 1 is 0.828 bits per heavy atom. The van der Waals surface area contributed by atoms with Crippen molar-refractivity contribution < 1.29 is 26.3 Å². The van der Waals surface area contributed by atoms with E-state index in [4.69, 9.17) is 9.47 Å². The van der Waals surface area contributed by atoms with Gasteiger partial charge in [-0.25, -0.2) is 26.3 Å². The fourth-order valence-electron chi connectivity index (χ4n) is 2.73. The first kappa shape index (κ1) is 23.1. The van der Waals surface area contributed by atoms with Gasteiger partial charge in [0.05, 0.1) is 24.0 Å². The second-order valence-electron chi connectivity index (χ2n) is 6.64. The number of sulfonamides is 2. The summed E-state index contributed by atoms with van der Waals surface area (Å²) in [7, 11) is -4.59. The summed E-state index contributed by atoms with van der Waals surface area (Å²) in [6.45, 7) is 4.95. The van der Waals surface area contributed by atoms with Crippen molar-refractivity contribution in [3.05, 3.63) is 47.5 Å². The number of rotatable bonds is 9. The molecule has 0 aliphatic rings. The van der Waals surface area contributed by atoms with Crippen LogP contribution in [0, 0.1) is 13.8 Å². The van der Waals surface area contributed by atoms with E-state index < -0.39 is 26.1 Å². The Kier molecular flexibility index (Phi) is 7.28. The molecular formula is C19H26N2O6S2. The van der Waals surface area contributed by atoms with Gasteiger partial charge in [-0.05, 0) is 68.3 Å². The van der Waals surface area contributed by atoms with Gasteiger partial charge >= 0.3 is 0 Å². The van der Waals surface area contributed by atoms with Gasteiger partial charge in [-0.15, -0.1) is 0 Å². The summed E-state index contributed by atoms with van der Waals surface area (Å²) in [5, 5.41) is 0. The van der Waals surface area contributed by atoms with Gasteiger partial charge in [-0.3, -0.25) is 0 Å². The average Bonchev–Trinajstić information content (AvgIpc) is 2.66. The molecule has 0 aromatic heterocycles. The molecule has 2 N–H and O–H groups in total. The number of hydrogen-bond donors (Lipinski definition) is 2. The van der Waals surface area contributed by atoms with E-state index in [0.717, 1.165) is 0 Å². The lowest BCUT2D eigenvalue weighted by molar-refractivity contribution is 0.411. The highest BCUT2D eigenvalue weighted by Gasteiger charge is 2.21. The van der Waals surface area contributed by atoms with E-state index in [2.05, 4.69) is 9.44 Å². The zero-order valence-electron chi connectivity index (χ0n) is 17.0. The molecular weight excluding hydrogens is 416 g/mol. The van der Waals surface area contributed by atoms with Crippen molar-refractivity contribution in [2.45, 2.75) is 36.6 Å². The first-order valence-corrected chi connectivity index (χ1v) is 11.8. The van der Waals surface area contributed by atoms with Gasteiger partial charge in [-0.1, -0.05) is 0 Å². The van der Waals surface area contributed by atoms with Gasteiger partial charge in [0.2, 0.25) is 20.0 Å². The second-order valence-corrected chi connectivity index (χ2v) is 10.1. The van der Waals surface area contributed by atoms with Crippen LogP contribution in [0.5, 0.6) is 11.5 Å². The van der Waals surface area contributed by atoms with Crippen LogP contribution in [0.4, 0.5) is 0 Å². The van der Waals surface area contributed by atoms with Crippen LogP contribution in [0.2, 0.25) is 0 Å². The summed E-state index contributed by atoms with van der Waals surface area (Å²) in [6.07, 6.45) is 0. The monoisotopic (exact) mass is 442 g/mol. The smallest absolute Gasteiger partial charge is 0.240 e. The molecule has 2 rings (SSSR count). The van der Waals surface area contributed by atoms with E-state index in [-0.39, 0.29) is 16.3 Å². The highest BCUT2D eigenvalue weighted by Crippen LogP contribution is 2.22. The van der Waals surface area contributed by atoms with Crippen LogP contribution in [0.3, 0.4) is 0 Å². The number of benzene rings is 2. The third kappa shape index (κ3) is 5.69. The zero-order valence-corrected chi connectivity index (χ0v) is 18.6. The molecule has 2 aromatic rings. The molecule has 0 radical (unpaired) electrons. The lowest BCUT2D eigenvalue weighted by Crippen LogP contribution is -2.41. The third-order valence-electron chi connectivity index (χ3n) is 4.29. The van der Waals surface area contributed by atoms with Gasteiger partial charge in [0.15, 0.2) is 0 Å². The summed E-state index contributed by atoms with van der Waals surface area (Å²) in [5.74, 6) is 1.17. The van der Waals surface area contributed by atoms with E-state index in [0.29, 0.717) is 22.6 Å². The lowest BCUT2D eigenvalue weighted by atomic mass is 10.2. The van der Waals surface area contributed by atoms with Crippen LogP contribution in [0.15, 0.2) is 46.2 Å². The first-order chi connectivity index (χ1) is 13.5. The van der Waals surface area contributed by atoms with Crippen LogP contribution < -0.4 is 18.9 Å². The molecule has 160 valence electrons. The molecule has 10 heteroatoms. The maximum absolute atomic E-state index is 12.6. The van der Waals surface area contributed by atoms with Gasteiger partial charge in [0.25, 0.3) is 0 Å². The molecule has 0 saturated heterocycles. The largest absolute Gasteiger partial charge is 0.496 e. The second kappa shape index (κ2) is 9.12. The van der Waals surface area contributed by atoms with Crippen LogP contribution >= 0.6 is 0 Å². The minimum atomic E-state index is -3.81. The van der Waals surface area contributed by atoms with Crippen LogP contribution in [-0.2, 0) is 20.0 Å². The Balaban J connectivity index is 2.07. The molecule has 0 bridgehead atoms. The molecule has 0 fully saturated rings. The number of hydrogen-bond acceptors (Lipinski definition) is 6. The molecule has 8 nitrogen and oxygen atoms in total. The highest BCUT2D eigenvalue weighted by atomic mass is 32.2. The van der Waals surface area contributed by atoms with Crippen molar-refractivity contribution in [1.82, 2.24) is 9.44 Å². The van der Waals surface area contributed by atoms with Crippen LogP contribution in [0.25, 0.3) is 0 Å². The Morgan fingerprint density at radius 2 is 1.28 bits per heavy atom. The Hall–Kier alpha value is -2.14. The van der Waals surface area contributed by atoms with Crippen molar-refractivity contribution in [2.24, 2.45) is 0 Å². The van der Waals surface area contributed by atoms with Crippen LogP contribution in [-0.4, -0.2) is 43.6 Å². The van der Waals surface area contributed by atoms with Gasteiger partial charge < -0.3 is 9.47 Å². The number of nitrogens with one attached hydrogen (secondary N) is 2. The summed E-state index contributed by atoms with van der Waals surface area (Å²) < 4.78 is 65.3. The normalized spacial score (nSPS) is 13.1. The van der Waals surface area contributed by atoms with Crippen molar-refractivity contribution in [2.75, 3.05) is 20.8 Å². The summed E-state index contributed by atoms with van der Waals surface area (Å²) in [5.41, 5.74) is 1.36. The number of ether oxygens (including phenoxy) is 2. The van der Waals surface area contributed by atoms with E-state index >= 15 is 0 Å². The van der Waals surface area contributed by atoms with Crippen molar-refractivity contribution in [1.29, 1.82) is 0 Å². The van der Waals surface area contributed by atoms with Gasteiger partial charge in [0.1, 0.15) is 11.5 Å². The lowest BCUT2D eigenvalue weighted by Gasteiger charge is -2.16. The summed E-state index contributed by atoms with van der Waals surface area (Å²) in [4.78, 5) is 0.160. The summed E-state index contributed by atoms with van der Waals surface area (Å²) in [6, 6.07) is 8.34.